The van der Waals surface area contributed by atoms with Crippen molar-refractivity contribution >= 4 is 11.6 Å². The predicted octanol–water partition coefficient (Wildman–Crippen LogP) is -0.458. The summed E-state index contributed by atoms with van der Waals surface area (Å²) in [6.07, 6.45) is 1.04. The van der Waals surface area contributed by atoms with Gasteiger partial charge in [-0.1, -0.05) is 0 Å². The van der Waals surface area contributed by atoms with Crippen molar-refractivity contribution in [3.05, 3.63) is 0 Å². The van der Waals surface area contributed by atoms with Gasteiger partial charge < -0.3 is 11.1 Å². The topological polar surface area (TPSA) is 67.5 Å². The minimum Gasteiger partial charge on any atom is -0.387 e. The number of rotatable bonds is 5. The number of aliphatic imine (C=N–C) groups is 1. The summed E-state index contributed by atoms with van der Waals surface area (Å²) in [7, 11) is 3.37. The lowest BCUT2D eigenvalue weighted by Gasteiger charge is -1.98. The van der Waals surface area contributed by atoms with Crippen LogP contribution in [0.3, 0.4) is 0 Å². The summed E-state index contributed by atoms with van der Waals surface area (Å²) in [5.41, 5.74) is 5.39. The van der Waals surface area contributed by atoms with Crippen LogP contribution in [-0.4, -0.2) is 32.3 Å². The number of carbonyl (C=O) groups is 1. The molecule has 0 aromatic carbocycles. The van der Waals surface area contributed by atoms with Crippen molar-refractivity contribution in [2.75, 3.05) is 20.6 Å². The molecule has 0 bridgehead atoms. The monoisotopic (exact) mass is 157 g/mol. The van der Waals surface area contributed by atoms with Crippen LogP contribution in [0.5, 0.6) is 0 Å². The van der Waals surface area contributed by atoms with Crippen LogP contribution >= 0.6 is 0 Å². The fourth-order valence-electron chi connectivity index (χ4n) is 0.665. The zero-order valence-corrected chi connectivity index (χ0v) is 7.05. The normalized spacial score (nSPS) is 11.6. The molecule has 11 heavy (non-hydrogen) atoms. The number of hydrogen-bond acceptors (Lipinski definition) is 3. The molecule has 0 aromatic heterocycles. The van der Waals surface area contributed by atoms with Crippen LogP contribution in [-0.2, 0) is 4.79 Å². The standard InChI is InChI=1S/C7H15N3O/c1-9-5-6(11)3-4-7(8)10-2/h9H,3-5H2,1-2H3,(H2,8,10). The Hall–Kier alpha value is -0.900. The average molecular weight is 157 g/mol. The molecular weight excluding hydrogens is 142 g/mol. The maximum absolute atomic E-state index is 10.9. The number of Topliss-reactive ketones (excluding diaryl/α,β-unsaturated/α-hetero) is 1. The first-order valence-corrected chi connectivity index (χ1v) is 3.58. The van der Waals surface area contributed by atoms with E-state index in [4.69, 9.17) is 5.73 Å². The second-order valence-electron chi connectivity index (χ2n) is 2.28. The van der Waals surface area contributed by atoms with Crippen LogP contribution in [0.15, 0.2) is 4.99 Å². The third-order valence-corrected chi connectivity index (χ3v) is 1.32. The molecule has 0 aromatic rings. The highest BCUT2D eigenvalue weighted by molar-refractivity contribution is 5.87. The van der Waals surface area contributed by atoms with Gasteiger partial charge in [0.05, 0.1) is 12.4 Å². The molecule has 0 amide bonds. The van der Waals surface area contributed by atoms with Crippen molar-refractivity contribution in [1.82, 2.24) is 5.32 Å². The molecule has 0 aliphatic heterocycles. The van der Waals surface area contributed by atoms with E-state index < -0.39 is 0 Å². The molecule has 0 unspecified atom stereocenters. The van der Waals surface area contributed by atoms with E-state index in [0.29, 0.717) is 25.2 Å². The van der Waals surface area contributed by atoms with Gasteiger partial charge in [0.2, 0.25) is 0 Å². The summed E-state index contributed by atoms with van der Waals surface area (Å²) in [5, 5.41) is 2.78. The van der Waals surface area contributed by atoms with Gasteiger partial charge in [0.15, 0.2) is 0 Å². The molecule has 0 spiro atoms. The quantitative estimate of drug-likeness (QED) is 0.419. The highest BCUT2D eigenvalue weighted by Crippen LogP contribution is 1.89. The molecule has 0 radical (unpaired) electrons. The molecule has 0 heterocycles. The van der Waals surface area contributed by atoms with Gasteiger partial charge in [0.1, 0.15) is 5.78 Å². The lowest BCUT2D eigenvalue weighted by atomic mass is 10.2. The Morgan fingerprint density at radius 3 is 2.64 bits per heavy atom. The number of ketones is 1. The molecule has 0 saturated heterocycles. The Bertz CT molecular complexity index is 154. The van der Waals surface area contributed by atoms with Crippen molar-refractivity contribution in [3.8, 4) is 0 Å². The summed E-state index contributed by atoms with van der Waals surface area (Å²) in [6.45, 7) is 0.414. The van der Waals surface area contributed by atoms with Crippen LogP contribution < -0.4 is 11.1 Å². The second kappa shape index (κ2) is 5.85. The van der Waals surface area contributed by atoms with Gasteiger partial charge in [-0.05, 0) is 7.05 Å². The number of amidine groups is 1. The summed E-state index contributed by atoms with van der Waals surface area (Å²) in [6, 6.07) is 0. The van der Waals surface area contributed by atoms with E-state index in [0.717, 1.165) is 0 Å². The van der Waals surface area contributed by atoms with E-state index in [9.17, 15) is 4.79 Å². The molecule has 0 saturated carbocycles. The maximum atomic E-state index is 10.9. The summed E-state index contributed by atoms with van der Waals surface area (Å²) >= 11 is 0. The summed E-state index contributed by atoms with van der Waals surface area (Å²) in [5.74, 6) is 0.702. The largest absolute Gasteiger partial charge is 0.387 e. The van der Waals surface area contributed by atoms with Crippen molar-refractivity contribution in [2.45, 2.75) is 12.8 Å². The van der Waals surface area contributed by atoms with E-state index in [2.05, 4.69) is 10.3 Å². The zero-order valence-electron chi connectivity index (χ0n) is 7.05. The number of hydrogen-bond donors (Lipinski definition) is 2. The van der Waals surface area contributed by atoms with Crippen LogP contribution in [0.2, 0.25) is 0 Å². The number of nitrogens with two attached hydrogens (primary N) is 1. The highest BCUT2D eigenvalue weighted by atomic mass is 16.1. The van der Waals surface area contributed by atoms with Crippen LogP contribution in [0.1, 0.15) is 12.8 Å². The SMILES string of the molecule is CN=C(N)CCC(=O)CNC. The van der Waals surface area contributed by atoms with E-state index >= 15 is 0 Å². The van der Waals surface area contributed by atoms with Gasteiger partial charge in [-0.3, -0.25) is 9.79 Å². The minimum atomic E-state index is 0.166. The van der Waals surface area contributed by atoms with Gasteiger partial charge in [-0.2, -0.15) is 0 Å². The lowest BCUT2D eigenvalue weighted by molar-refractivity contribution is -0.118. The first kappa shape index (κ1) is 10.1. The molecule has 0 fully saturated rings. The van der Waals surface area contributed by atoms with Gasteiger partial charge in [0, 0.05) is 19.9 Å². The molecule has 0 aliphatic rings. The van der Waals surface area contributed by atoms with Crippen molar-refractivity contribution in [1.29, 1.82) is 0 Å². The fourth-order valence-corrected chi connectivity index (χ4v) is 0.665. The third-order valence-electron chi connectivity index (χ3n) is 1.32. The smallest absolute Gasteiger partial charge is 0.147 e. The Kier molecular flexibility index (Phi) is 5.37. The molecule has 0 rings (SSSR count). The minimum absolute atomic E-state index is 0.166. The van der Waals surface area contributed by atoms with Crippen LogP contribution in [0, 0.1) is 0 Å². The molecule has 3 N–H and O–H groups in total. The Morgan fingerprint density at radius 2 is 2.18 bits per heavy atom. The molecule has 0 aliphatic carbocycles. The molecule has 0 atom stereocenters. The van der Waals surface area contributed by atoms with Gasteiger partial charge in [-0.25, -0.2) is 0 Å². The maximum Gasteiger partial charge on any atom is 0.147 e. The number of nitrogens with one attached hydrogen (secondary N) is 1. The number of nitrogens with zero attached hydrogens (tertiary/aromatic N) is 1. The predicted molar refractivity (Wildman–Crippen MR) is 45.7 cm³/mol. The van der Waals surface area contributed by atoms with Crippen molar-refractivity contribution in [2.24, 2.45) is 10.7 Å². The van der Waals surface area contributed by atoms with Crippen LogP contribution in [0.4, 0.5) is 0 Å². The molecule has 4 heteroatoms. The Labute approximate surface area is 66.9 Å². The average Bonchev–Trinajstić information content (AvgIpc) is 2.01. The van der Waals surface area contributed by atoms with Gasteiger partial charge in [-0.15, -0.1) is 0 Å². The van der Waals surface area contributed by atoms with E-state index in [1.54, 1.807) is 14.1 Å². The number of carbonyl (C=O) groups excluding carboxylic acids is 1. The highest BCUT2D eigenvalue weighted by Gasteiger charge is 2.00. The molecular formula is C7H15N3O. The first-order valence-electron chi connectivity index (χ1n) is 3.58. The number of likely N-dealkylation sites (N-methyl/N-ethyl adjacent to an activating group) is 1. The van der Waals surface area contributed by atoms with E-state index in [1.165, 1.54) is 0 Å². The van der Waals surface area contributed by atoms with Crippen molar-refractivity contribution in [3.63, 3.8) is 0 Å². The Morgan fingerprint density at radius 1 is 1.55 bits per heavy atom. The zero-order chi connectivity index (χ0) is 8.69. The van der Waals surface area contributed by atoms with Gasteiger partial charge in [0.25, 0.3) is 0 Å². The summed E-state index contributed by atoms with van der Waals surface area (Å²) < 4.78 is 0. The van der Waals surface area contributed by atoms with E-state index in [1.807, 2.05) is 0 Å². The fraction of sp³-hybridized carbons (Fsp3) is 0.714. The second-order valence-corrected chi connectivity index (χ2v) is 2.28. The van der Waals surface area contributed by atoms with Crippen molar-refractivity contribution < 1.29 is 4.79 Å². The molecule has 4 nitrogen and oxygen atoms in total. The van der Waals surface area contributed by atoms with Gasteiger partial charge >= 0.3 is 0 Å². The Balaban J connectivity index is 3.46. The third kappa shape index (κ3) is 5.54. The van der Waals surface area contributed by atoms with Crippen LogP contribution in [0.25, 0.3) is 0 Å². The lowest BCUT2D eigenvalue weighted by Crippen LogP contribution is -2.20. The summed E-state index contributed by atoms with van der Waals surface area (Å²) in [4.78, 5) is 14.6. The van der Waals surface area contributed by atoms with E-state index in [-0.39, 0.29) is 5.78 Å². The molecule has 64 valence electrons. The first-order chi connectivity index (χ1) is 5.20.